The van der Waals surface area contributed by atoms with Crippen LogP contribution in [0.15, 0.2) is 97.2 Å². The highest BCUT2D eigenvalue weighted by Crippen LogP contribution is 2.17. The number of pyridine rings is 1. The van der Waals surface area contributed by atoms with Crippen LogP contribution in [0.25, 0.3) is 21.9 Å². The molecular weight excluding hydrogens is 426 g/mol. The van der Waals surface area contributed by atoms with Crippen LogP contribution >= 0.6 is 0 Å². The average molecular weight is 464 g/mol. The van der Waals surface area contributed by atoms with Gasteiger partial charge in [0.05, 0.1) is 22.2 Å². The van der Waals surface area contributed by atoms with E-state index in [1.165, 1.54) is 16.6 Å². The summed E-state index contributed by atoms with van der Waals surface area (Å²) >= 11 is 0. The van der Waals surface area contributed by atoms with Crippen molar-refractivity contribution in [1.82, 2.24) is 15.0 Å². The molecule has 0 saturated carbocycles. The van der Waals surface area contributed by atoms with Gasteiger partial charge in [0.15, 0.2) is 0 Å². The largest absolute Gasteiger partial charge is 0.253 e. The van der Waals surface area contributed by atoms with Crippen molar-refractivity contribution in [3.05, 3.63) is 114 Å². The van der Waals surface area contributed by atoms with Crippen molar-refractivity contribution in [3.63, 3.8) is 0 Å². The molecule has 0 aliphatic heterocycles. The fourth-order valence-electron chi connectivity index (χ4n) is 3.49. The monoisotopic (exact) mass is 463 g/mol. The van der Waals surface area contributed by atoms with Crippen LogP contribution < -0.4 is 0 Å². The lowest BCUT2D eigenvalue weighted by molar-refractivity contribution is 0.822. The van der Waals surface area contributed by atoms with E-state index in [9.17, 15) is 0 Å². The van der Waals surface area contributed by atoms with Gasteiger partial charge in [0.1, 0.15) is 0 Å². The van der Waals surface area contributed by atoms with E-state index in [4.69, 9.17) is 0 Å². The Bertz CT molecular complexity index is 1240. The lowest BCUT2D eigenvalue weighted by Gasteiger charge is -2.04. The van der Waals surface area contributed by atoms with Gasteiger partial charge in [-0.05, 0) is 47.6 Å². The van der Waals surface area contributed by atoms with Crippen molar-refractivity contribution in [3.8, 4) is 0 Å². The van der Waals surface area contributed by atoms with Gasteiger partial charge in [-0.3, -0.25) is 9.97 Å². The van der Waals surface area contributed by atoms with Crippen molar-refractivity contribution in [2.75, 3.05) is 0 Å². The summed E-state index contributed by atoms with van der Waals surface area (Å²) in [7, 11) is 0. The van der Waals surface area contributed by atoms with Crippen molar-refractivity contribution >= 4 is 21.9 Å². The van der Waals surface area contributed by atoms with Gasteiger partial charge in [-0.15, -0.1) is 0 Å². The summed E-state index contributed by atoms with van der Waals surface area (Å²) < 4.78 is 0. The first-order chi connectivity index (χ1) is 16.8. The molecule has 3 aromatic carbocycles. The van der Waals surface area contributed by atoms with Gasteiger partial charge in [0.2, 0.25) is 0 Å². The summed E-state index contributed by atoms with van der Waals surface area (Å²) in [4.78, 5) is 13.4. The van der Waals surface area contributed by atoms with E-state index in [-0.39, 0.29) is 0 Å². The number of fused-ring (bicyclic) bond motifs is 2. The van der Waals surface area contributed by atoms with Crippen LogP contribution in [0.1, 0.15) is 76.2 Å². The molecule has 3 heteroatoms. The van der Waals surface area contributed by atoms with E-state index in [2.05, 4.69) is 105 Å². The number of hydrogen-bond donors (Lipinski definition) is 0. The minimum Gasteiger partial charge on any atom is -0.253 e. The standard InChI is InChI=1S/C12H13N.C11H12N2.C9H12/c1-9(2)11-8-7-10-5-3-4-6-12(10)13-11;1-8(2)11-7-12-9-5-3-4-6-10(9)13-11;1-8(2)9-6-4-3-5-7-9/h3-9H,1-2H3;3-8H,1-2H3;3-8H,1-2H3. The SMILES string of the molecule is CC(C)c1ccc2ccccc2n1.CC(C)c1ccccc1.CC(C)c1cnc2ccccc2n1. The fourth-order valence-corrected chi connectivity index (χ4v) is 3.49. The highest BCUT2D eigenvalue weighted by atomic mass is 14.8. The van der Waals surface area contributed by atoms with E-state index in [1.54, 1.807) is 0 Å². The van der Waals surface area contributed by atoms with Crippen molar-refractivity contribution < 1.29 is 0 Å². The van der Waals surface area contributed by atoms with Crippen LogP contribution in [0.3, 0.4) is 0 Å². The number of benzene rings is 3. The Balaban J connectivity index is 0.000000150. The van der Waals surface area contributed by atoms with Crippen LogP contribution in [-0.4, -0.2) is 15.0 Å². The van der Waals surface area contributed by atoms with Gasteiger partial charge in [-0.25, -0.2) is 4.98 Å². The van der Waals surface area contributed by atoms with Gasteiger partial charge >= 0.3 is 0 Å². The smallest absolute Gasteiger partial charge is 0.0890 e. The molecule has 3 nitrogen and oxygen atoms in total. The summed E-state index contributed by atoms with van der Waals surface area (Å²) in [6.07, 6.45) is 1.85. The molecule has 35 heavy (non-hydrogen) atoms. The molecule has 0 aliphatic carbocycles. The molecule has 0 bridgehead atoms. The van der Waals surface area contributed by atoms with Crippen molar-refractivity contribution in [2.45, 2.75) is 59.3 Å². The summed E-state index contributed by atoms with van der Waals surface area (Å²) in [5, 5.41) is 1.21. The maximum absolute atomic E-state index is 4.57. The molecule has 0 radical (unpaired) electrons. The Morgan fingerprint density at radius 1 is 0.457 bits per heavy atom. The Hall–Kier alpha value is -3.59. The molecule has 5 rings (SSSR count). The maximum Gasteiger partial charge on any atom is 0.0890 e. The second-order valence-electron chi connectivity index (χ2n) is 9.59. The van der Waals surface area contributed by atoms with Gasteiger partial charge in [-0.2, -0.15) is 0 Å². The topological polar surface area (TPSA) is 38.7 Å². The van der Waals surface area contributed by atoms with Gasteiger partial charge in [0, 0.05) is 17.3 Å². The number of para-hydroxylation sites is 3. The number of rotatable bonds is 3. The molecular formula is C32H37N3. The number of hydrogen-bond acceptors (Lipinski definition) is 3. The molecule has 5 aromatic rings. The lowest BCUT2D eigenvalue weighted by Crippen LogP contribution is -1.94. The number of aromatic nitrogens is 3. The highest BCUT2D eigenvalue weighted by Gasteiger charge is 2.02. The van der Waals surface area contributed by atoms with E-state index in [0.717, 1.165) is 22.2 Å². The van der Waals surface area contributed by atoms with Crippen LogP contribution in [0.4, 0.5) is 0 Å². The van der Waals surface area contributed by atoms with Crippen LogP contribution in [-0.2, 0) is 0 Å². The molecule has 0 fully saturated rings. The van der Waals surface area contributed by atoms with E-state index >= 15 is 0 Å². The number of nitrogens with zero attached hydrogens (tertiary/aromatic N) is 3. The summed E-state index contributed by atoms with van der Waals surface area (Å²) in [6, 6.07) is 30.9. The predicted octanol–water partition coefficient (Wildman–Crippen LogP) is 8.92. The molecule has 0 atom stereocenters. The second kappa shape index (κ2) is 12.8. The third-order valence-electron chi connectivity index (χ3n) is 5.74. The minimum absolute atomic E-state index is 0.442. The third kappa shape index (κ3) is 7.71. The lowest BCUT2D eigenvalue weighted by atomic mass is 10.0. The molecule has 0 saturated heterocycles. The van der Waals surface area contributed by atoms with Crippen molar-refractivity contribution in [2.24, 2.45) is 0 Å². The van der Waals surface area contributed by atoms with Gasteiger partial charge < -0.3 is 0 Å². The molecule has 2 heterocycles. The summed E-state index contributed by atoms with van der Waals surface area (Å²) in [5.41, 5.74) is 6.67. The first-order valence-corrected chi connectivity index (χ1v) is 12.5. The first kappa shape index (κ1) is 26.0. The minimum atomic E-state index is 0.442. The zero-order valence-corrected chi connectivity index (χ0v) is 21.8. The highest BCUT2D eigenvalue weighted by molar-refractivity contribution is 5.78. The van der Waals surface area contributed by atoms with Crippen LogP contribution in [0.2, 0.25) is 0 Å². The molecule has 180 valence electrons. The predicted molar refractivity (Wildman–Crippen MR) is 150 cm³/mol. The summed E-state index contributed by atoms with van der Waals surface area (Å²) in [6.45, 7) is 13.0. The molecule has 0 spiro atoms. The van der Waals surface area contributed by atoms with Crippen molar-refractivity contribution in [1.29, 1.82) is 0 Å². The van der Waals surface area contributed by atoms with E-state index in [0.29, 0.717) is 17.8 Å². The Labute approximate surface area is 210 Å². The van der Waals surface area contributed by atoms with E-state index in [1.807, 2.05) is 48.7 Å². The zero-order valence-electron chi connectivity index (χ0n) is 21.8. The Kier molecular flexibility index (Phi) is 9.48. The Morgan fingerprint density at radius 2 is 1.00 bits per heavy atom. The molecule has 0 N–H and O–H groups in total. The van der Waals surface area contributed by atoms with Crippen LogP contribution in [0.5, 0.6) is 0 Å². The Morgan fingerprint density at radius 3 is 1.60 bits per heavy atom. The fraction of sp³-hybridized carbons (Fsp3) is 0.281. The zero-order chi connectivity index (χ0) is 25.2. The second-order valence-corrected chi connectivity index (χ2v) is 9.59. The van der Waals surface area contributed by atoms with E-state index < -0.39 is 0 Å². The average Bonchev–Trinajstić information content (AvgIpc) is 2.89. The molecule has 2 aromatic heterocycles. The third-order valence-corrected chi connectivity index (χ3v) is 5.74. The molecule has 0 unspecified atom stereocenters. The van der Waals surface area contributed by atoms with Gasteiger partial charge in [0.25, 0.3) is 0 Å². The molecule has 0 amide bonds. The maximum atomic E-state index is 4.57. The van der Waals surface area contributed by atoms with Gasteiger partial charge in [-0.1, -0.05) is 108 Å². The van der Waals surface area contributed by atoms with Crippen LogP contribution in [0, 0.1) is 0 Å². The normalized spacial score (nSPS) is 10.8. The quantitative estimate of drug-likeness (QED) is 0.268. The summed E-state index contributed by atoms with van der Waals surface area (Å²) in [5.74, 6) is 1.60. The first-order valence-electron chi connectivity index (χ1n) is 12.5. The molecule has 0 aliphatic rings.